The van der Waals surface area contributed by atoms with Crippen LogP contribution in [0.1, 0.15) is 48.6 Å². The van der Waals surface area contributed by atoms with Gasteiger partial charge in [0.1, 0.15) is 0 Å². The largest absolute Gasteiger partial charge is 0.309 e. The Morgan fingerprint density at radius 1 is 1.40 bits per heavy atom. The third-order valence-corrected chi connectivity index (χ3v) is 4.48. The third kappa shape index (κ3) is 2.26. The van der Waals surface area contributed by atoms with Crippen LogP contribution < -0.4 is 5.32 Å². The molecule has 84 valence electrons. The molecule has 0 aromatic carbocycles. The molecule has 0 aliphatic heterocycles. The predicted molar refractivity (Wildman–Crippen MR) is 67.6 cm³/mol. The van der Waals surface area contributed by atoms with E-state index in [-0.39, 0.29) is 0 Å². The summed E-state index contributed by atoms with van der Waals surface area (Å²) >= 11 is 2.04. The summed E-state index contributed by atoms with van der Waals surface area (Å²) in [7, 11) is 0. The minimum atomic E-state index is 0.561. The van der Waals surface area contributed by atoms with Crippen LogP contribution in [0.2, 0.25) is 0 Å². The maximum atomic E-state index is 3.60. The van der Waals surface area contributed by atoms with Gasteiger partial charge in [0.15, 0.2) is 0 Å². The van der Waals surface area contributed by atoms with Gasteiger partial charge in [-0.15, -0.1) is 11.3 Å². The molecule has 1 atom stereocenters. The quantitative estimate of drug-likeness (QED) is 0.823. The summed E-state index contributed by atoms with van der Waals surface area (Å²) in [5.74, 6) is 0.684. The van der Waals surface area contributed by atoms with E-state index < -0.39 is 0 Å². The Morgan fingerprint density at radius 3 is 2.80 bits per heavy atom. The highest BCUT2D eigenvalue weighted by Gasteiger charge is 2.21. The Kier molecular flexibility index (Phi) is 3.47. The molecule has 1 aromatic heterocycles. The van der Waals surface area contributed by atoms with Crippen molar-refractivity contribution in [2.45, 2.75) is 46.1 Å². The summed E-state index contributed by atoms with van der Waals surface area (Å²) in [6.45, 7) is 7.86. The number of hydrogen-bond acceptors (Lipinski definition) is 2. The monoisotopic (exact) mass is 223 g/mol. The average molecular weight is 223 g/mol. The Labute approximate surface area is 96.9 Å². The number of nitrogens with one attached hydrogen (secondary N) is 1. The second-order valence-electron chi connectivity index (χ2n) is 4.73. The molecule has 2 heteroatoms. The van der Waals surface area contributed by atoms with E-state index in [1.54, 1.807) is 15.3 Å². The van der Waals surface area contributed by atoms with Crippen molar-refractivity contribution in [1.29, 1.82) is 0 Å². The van der Waals surface area contributed by atoms with Crippen LogP contribution in [0.3, 0.4) is 0 Å². The molecular weight excluding hydrogens is 202 g/mol. The van der Waals surface area contributed by atoms with Crippen LogP contribution in [-0.4, -0.2) is 6.54 Å². The number of aryl methyl sites for hydroxylation is 2. The normalized spacial score (nSPS) is 17.1. The van der Waals surface area contributed by atoms with Crippen LogP contribution in [0.4, 0.5) is 0 Å². The maximum Gasteiger partial charge on any atom is 0.0438 e. The lowest BCUT2D eigenvalue weighted by atomic mass is 10.0. The summed E-state index contributed by atoms with van der Waals surface area (Å²) in [4.78, 5) is 3.20. The molecule has 1 unspecified atom stereocenters. The Morgan fingerprint density at radius 2 is 2.20 bits per heavy atom. The fourth-order valence-electron chi connectivity index (χ4n) is 2.39. The van der Waals surface area contributed by atoms with Crippen molar-refractivity contribution in [1.82, 2.24) is 5.32 Å². The lowest BCUT2D eigenvalue weighted by molar-refractivity contribution is 0.427. The second-order valence-corrected chi connectivity index (χ2v) is 5.90. The summed E-state index contributed by atoms with van der Waals surface area (Å²) < 4.78 is 0. The van der Waals surface area contributed by atoms with Crippen molar-refractivity contribution in [3.63, 3.8) is 0 Å². The minimum Gasteiger partial charge on any atom is -0.309 e. The van der Waals surface area contributed by atoms with E-state index in [0.29, 0.717) is 12.0 Å². The van der Waals surface area contributed by atoms with Gasteiger partial charge in [-0.1, -0.05) is 20.8 Å². The molecule has 1 nitrogen and oxygen atoms in total. The molecule has 0 saturated heterocycles. The van der Waals surface area contributed by atoms with E-state index >= 15 is 0 Å². The van der Waals surface area contributed by atoms with Gasteiger partial charge >= 0.3 is 0 Å². The lowest BCUT2D eigenvalue weighted by Crippen LogP contribution is -2.24. The molecule has 0 fully saturated rings. The molecule has 0 bridgehead atoms. The first-order valence-electron chi connectivity index (χ1n) is 6.07. The zero-order chi connectivity index (χ0) is 10.8. The number of rotatable bonds is 4. The molecule has 0 amide bonds. The van der Waals surface area contributed by atoms with Crippen molar-refractivity contribution >= 4 is 11.3 Å². The van der Waals surface area contributed by atoms with Crippen molar-refractivity contribution in [2.24, 2.45) is 5.92 Å². The summed E-state index contributed by atoms with van der Waals surface area (Å²) in [5.41, 5.74) is 1.62. The molecule has 2 rings (SSSR count). The van der Waals surface area contributed by atoms with Gasteiger partial charge < -0.3 is 5.32 Å². The summed E-state index contributed by atoms with van der Waals surface area (Å²) in [6.07, 6.45) is 3.99. The molecule has 0 saturated carbocycles. The first-order valence-corrected chi connectivity index (χ1v) is 6.89. The van der Waals surface area contributed by atoms with Crippen LogP contribution in [0, 0.1) is 5.92 Å². The Balaban J connectivity index is 2.18. The predicted octanol–water partition coefficient (Wildman–Crippen LogP) is 3.54. The van der Waals surface area contributed by atoms with Gasteiger partial charge in [0.05, 0.1) is 0 Å². The fraction of sp³-hybridized carbons (Fsp3) is 0.692. The number of fused-ring (bicyclic) bond motifs is 1. The minimum absolute atomic E-state index is 0.561. The highest BCUT2D eigenvalue weighted by Crippen LogP contribution is 2.35. The smallest absolute Gasteiger partial charge is 0.0438 e. The fourth-order valence-corrected chi connectivity index (χ4v) is 3.90. The highest BCUT2D eigenvalue weighted by molar-refractivity contribution is 7.12. The van der Waals surface area contributed by atoms with E-state index in [4.69, 9.17) is 0 Å². The van der Waals surface area contributed by atoms with Crippen molar-refractivity contribution < 1.29 is 0 Å². The van der Waals surface area contributed by atoms with Gasteiger partial charge in [0.2, 0.25) is 0 Å². The molecule has 0 radical (unpaired) electrons. The summed E-state index contributed by atoms with van der Waals surface area (Å²) in [6, 6.07) is 3.01. The highest BCUT2D eigenvalue weighted by atomic mass is 32.1. The molecule has 0 spiro atoms. The van der Waals surface area contributed by atoms with E-state index in [1.165, 1.54) is 19.3 Å². The zero-order valence-corrected chi connectivity index (χ0v) is 10.8. The van der Waals surface area contributed by atoms with Crippen molar-refractivity contribution in [3.8, 4) is 0 Å². The molecule has 15 heavy (non-hydrogen) atoms. The molecule has 1 heterocycles. The molecule has 1 aromatic rings. The first-order chi connectivity index (χ1) is 7.22. The van der Waals surface area contributed by atoms with Crippen molar-refractivity contribution in [3.05, 3.63) is 21.4 Å². The number of hydrogen-bond donors (Lipinski definition) is 1. The standard InChI is InChI=1S/C13H21NS/c1-4-14-13(9(2)3)12-8-10-6-5-7-11(10)15-12/h8-9,13-14H,4-7H2,1-3H3. The van der Waals surface area contributed by atoms with Crippen molar-refractivity contribution in [2.75, 3.05) is 6.54 Å². The molecule has 1 aliphatic rings. The lowest BCUT2D eigenvalue weighted by Gasteiger charge is -2.20. The topological polar surface area (TPSA) is 12.0 Å². The molecule has 1 aliphatic carbocycles. The van der Waals surface area contributed by atoms with Crippen LogP contribution in [0.5, 0.6) is 0 Å². The van der Waals surface area contributed by atoms with Gasteiger partial charge in [0, 0.05) is 15.8 Å². The van der Waals surface area contributed by atoms with Crippen LogP contribution >= 0.6 is 11.3 Å². The summed E-state index contributed by atoms with van der Waals surface area (Å²) in [5, 5.41) is 3.60. The third-order valence-electron chi connectivity index (χ3n) is 3.16. The van der Waals surface area contributed by atoms with Crippen LogP contribution in [0.15, 0.2) is 6.07 Å². The molecular formula is C13H21NS. The van der Waals surface area contributed by atoms with Gasteiger partial charge in [0.25, 0.3) is 0 Å². The van der Waals surface area contributed by atoms with E-state index in [2.05, 4.69) is 32.2 Å². The average Bonchev–Trinajstić information content (AvgIpc) is 2.72. The van der Waals surface area contributed by atoms with Gasteiger partial charge in [-0.2, -0.15) is 0 Å². The van der Waals surface area contributed by atoms with E-state index in [9.17, 15) is 0 Å². The number of thiophene rings is 1. The second kappa shape index (κ2) is 4.67. The van der Waals surface area contributed by atoms with Crippen LogP contribution in [-0.2, 0) is 12.8 Å². The van der Waals surface area contributed by atoms with E-state index in [0.717, 1.165) is 6.54 Å². The van der Waals surface area contributed by atoms with E-state index in [1.807, 2.05) is 11.3 Å². The van der Waals surface area contributed by atoms with Gasteiger partial charge in [-0.25, -0.2) is 0 Å². The first kappa shape index (κ1) is 11.2. The van der Waals surface area contributed by atoms with Gasteiger partial charge in [-0.3, -0.25) is 0 Å². The Hall–Kier alpha value is -0.340. The van der Waals surface area contributed by atoms with Crippen LogP contribution in [0.25, 0.3) is 0 Å². The maximum absolute atomic E-state index is 3.60. The Bertz CT molecular complexity index is 306. The molecule has 1 N–H and O–H groups in total. The zero-order valence-electron chi connectivity index (χ0n) is 9.97. The van der Waals surface area contributed by atoms with Gasteiger partial charge in [-0.05, 0) is 43.4 Å². The SMILES string of the molecule is CCNC(c1cc2c(s1)CCC2)C(C)C.